The maximum absolute atomic E-state index is 13.1. The van der Waals surface area contributed by atoms with Crippen LogP contribution >= 0.6 is 23.2 Å². The third-order valence-electron chi connectivity index (χ3n) is 5.34. The number of carbonyl (C=O) groups excluding carboxylic acids is 1. The molecule has 162 valence electrons. The molecule has 0 unspecified atom stereocenters. The summed E-state index contributed by atoms with van der Waals surface area (Å²) in [4.78, 5) is 15.0. The highest BCUT2D eigenvalue weighted by molar-refractivity contribution is 7.89. The van der Waals surface area contributed by atoms with Crippen LogP contribution in [0.2, 0.25) is 10.0 Å². The third kappa shape index (κ3) is 5.17. The number of nitrogens with zero attached hydrogens (tertiary/aromatic N) is 2. The largest absolute Gasteiger partial charge is 0.338 e. The quantitative estimate of drug-likeness (QED) is 0.584. The Bertz CT molecular complexity index is 955. The fraction of sp³-hybridized carbons (Fsp3) is 0.409. The van der Waals surface area contributed by atoms with Crippen molar-refractivity contribution >= 4 is 39.1 Å². The molecule has 30 heavy (non-hydrogen) atoms. The van der Waals surface area contributed by atoms with E-state index in [1.807, 2.05) is 42.2 Å². The van der Waals surface area contributed by atoms with Gasteiger partial charge in [-0.05, 0) is 37.0 Å². The lowest BCUT2D eigenvalue weighted by Gasteiger charge is -2.34. The number of hydrogen-bond acceptors (Lipinski definition) is 3. The van der Waals surface area contributed by atoms with Gasteiger partial charge in [-0.25, -0.2) is 8.42 Å². The van der Waals surface area contributed by atoms with Crippen LogP contribution in [0.5, 0.6) is 0 Å². The zero-order chi connectivity index (χ0) is 21.7. The lowest BCUT2D eigenvalue weighted by molar-refractivity contribution is -0.137. The fourth-order valence-electron chi connectivity index (χ4n) is 3.80. The molecule has 1 heterocycles. The van der Waals surface area contributed by atoms with Crippen LogP contribution in [0, 0.1) is 5.92 Å². The first-order chi connectivity index (χ1) is 14.3. The zero-order valence-corrected chi connectivity index (χ0v) is 19.3. The van der Waals surface area contributed by atoms with E-state index in [2.05, 4.69) is 0 Å². The summed E-state index contributed by atoms with van der Waals surface area (Å²) in [5.74, 6) is -0.0954. The van der Waals surface area contributed by atoms with Gasteiger partial charge in [-0.2, -0.15) is 4.31 Å². The van der Waals surface area contributed by atoms with Crippen molar-refractivity contribution in [2.45, 2.75) is 37.6 Å². The third-order valence-corrected chi connectivity index (χ3v) is 8.20. The van der Waals surface area contributed by atoms with Gasteiger partial charge in [0.05, 0.1) is 10.0 Å². The first-order valence-electron chi connectivity index (χ1n) is 10.1. The molecule has 3 rings (SSSR count). The van der Waals surface area contributed by atoms with Gasteiger partial charge in [0.2, 0.25) is 15.9 Å². The number of hydrogen-bond donors (Lipinski definition) is 0. The molecule has 0 aliphatic carbocycles. The first kappa shape index (κ1) is 23.1. The molecule has 0 spiro atoms. The number of amides is 1. The summed E-state index contributed by atoms with van der Waals surface area (Å²) in [6.45, 7) is 3.84. The van der Waals surface area contributed by atoms with E-state index in [-0.39, 0.29) is 39.9 Å². The van der Waals surface area contributed by atoms with E-state index in [0.717, 1.165) is 12.0 Å². The molecule has 1 amide bonds. The van der Waals surface area contributed by atoms with Gasteiger partial charge in [0.1, 0.15) is 4.90 Å². The minimum Gasteiger partial charge on any atom is -0.338 e. The summed E-state index contributed by atoms with van der Waals surface area (Å²) in [7, 11) is -3.81. The average Bonchev–Trinajstić information content (AvgIpc) is 2.73. The molecule has 2 aromatic carbocycles. The Balaban J connectivity index is 1.68. The Labute approximate surface area is 188 Å². The molecule has 8 heteroatoms. The van der Waals surface area contributed by atoms with E-state index in [9.17, 15) is 13.2 Å². The van der Waals surface area contributed by atoms with E-state index in [4.69, 9.17) is 23.2 Å². The van der Waals surface area contributed by atoms with Crippen LogP contribution in [0.4, 0.5) is 0 Å². The molecule has 1 aliphatic heterocycles. The van der Waals surface area contributed by atoms with Crippen LogP contribution in [0.25, 0.3) is 0 Å². The lowest BCUT2D eigenvalue weighted by atomic mass is 9.96. The van der Waals surface area contributed by atoms with Crippen molar-refractivity contribution in [3.05, 3.63) is 64.1 Å². The van der Waals surface area contributed by atoms with E-state index in [0.29, 0.717) is 25.9 Å². The van der Waals surface area contributed by atoms with Gasteiger partial charge in [-0.15, -0.1) is 0 Å². The number of rotatable bonds is 7. The Morgan fingerprint density at radius 3 is 2.20 bits per heavy atom. The van der Waals surface area contributed by atoms with Crippen molar-refractivity contribution in [3.63, 3.8) is 0 Å². The van der Waals surface area contributed by atoms with Gasteiger partial charge in [-0.1, -0.05) is 66.5 Å². The SMILES string of the molecule is CCCN(Cc1ccccc1)C(=O)C1CCN(S(=O)(=O)c2c(Cl)cccc2Cl)CC1. The average molecular weight is 469 g/mol. The molecule has 0 aromatic heterocycles. The van der Waals surface area contributed by atoms with Crippen LogP contribution in [-0.2, 0) is 21.4 Å². The zero-order valence-electron chi connectivity index (χ0n) is 16.9. The normalized spacial score (nSPS) is 15.8. The van der Waals surface area contributed by atoms with E-state index in [1.165, 1.54) is 16.4 Å². The van der Waals surface area contributed by atoms with Crippen LogP contribution in [0.3, 0.4) is 0 Å². The highest BCUT2D eigenvalue weighted by Crippen LogP contribution is 2.33. The van der Waals surface area contributed by atoms with Gasteiger partial charge in [0.15, 0.2) is 0 Å². The highest BCUT2D eigenvalue weighted by atomic mass is 35.5. The van der Waals surface area contributed by atoms with Crippen molar-refractivity contribution in [2.24, 2.45) is 5.92 Å². The number of benzene rings is 2. The summed E-state index contributed by atoms with van der Waals surface area (Å²) in [5.41, 5.74) is 1.09. The molecule has 2 aromatic rings. The monoisotopic (exact) mass is 468 g/mol. The smallest absolute Gasteiger partial charge is 0.246 e. The van der Waals surface area contributed by atoms with Gasteiger partial charge in [0, 0.05) is 32.1 Å². The van der Waals surface area contributed by atoms with Gasteiger partial charge < -0.3 is 4.90 Å². The van der Waals surface area contributed by atoms with Crippen molar-refractivity contribution in [1.82, 2.24) is 9.21 Å². The number of halogens is 2. The minimum atomic E-state index is -3.81. The maximum atomic E-state index is 13.1. The summed E-state index contributed by atoms with van der Waals surface area (Å²) in [6.07, 6.45) is 1.83. The number of carbonyl (C=O) groups is 1. The Hall–Kier alpha value is -1.60. The molecule has 5 nitrogen and oxygen atoms in total. The Kier molecular flexibility index (Phi) is 7.80. The molecule has 1 saturated heterocycles. The fourth-order valence-corrected chi connectivity index (χ4v) is 6.36. The Morgan fingerprint density at radius 1 is 1.03 bits per heavy atom. The van der Waals surface area contributed by atoms with Crippen molar-refractivity contribution in [2.75, 3.05) is 19.6 Å². The summed E-state index contributed by atoms with van der Waals surface area (Å²) < 4.78 is 27.5. The topological polar surface area (TPSA) is 57.7 Å². The van der Waals surface area contributed by atoms with E-state index < -0.39 is 10.0 Å². The van der Waals surface area contributed by atoms with Crippen LogP contribution < -0.4 is 0 Å². The summed E-state index contributed by atoms with van der Waals surface area (Å²) >= 11 is 12.2. The molecule has 0 saturated carbocycles. The molecule has 1 aliphatic rings. The van der Waals surface area contributed by atoms with E-state index in [1.54, 1.807) is 6.07 Å². The lowest BCUT2D eigenvalue weighted by Crippen LogP contribution is -2.44. The second kappa shape index (κ2) is 10.1. The number of piperidine rings is 1. The molecular weight excluding hydrogens is 443 g/mol. The van der Waals surface area contributed by atoms with Crippen LogP contribution in [-0.4, -0.2) is 43.2 Å². The molecule has 0 bridgehead atoms. The van der Waals surface area contributed by atoms with E-state index >= 15 is 0 Å². The summed E-state index contributed by atoms with van der Waals surface area (Å²) in [6, 6.07) is 14.6. The highest BCUT2D eigenvalue weighted by Gasteiger charge is 2.35. The summed E-state index contributed by atoms with van der Waals surface area (Å²) in [5, 5.41) is 0.218. The molecule has 0 radical (unpaired) electrons. The van der Waals surface area contributed by atoms with Crippen molar-refractivity contribution < 1.29 is 13.2 Å². The molecular formula is C22H26Cl2N2O3S. The molecule has 0 atom stereocenters. The van der Waals surface area contributed by atoms with Crippen molar-refractivity contribution in [1.29, 1.82) is 0 Å². The van der Waals surface area contributed by atoms with Gasteiger partial charge >= 0.3 is 0 Å². The van der Waals surface area contributed by atoms with Crippen molar-refractivity contribution in [3.8, 4) is 0 Å². The first-order valence-corrected chi connectivity index (χ1v) is 12.3. The van der Waals surface area contributed by atoms with Crippen LogP contribution in [0.15, 0.2) is 53.4 Å². The molecule has 1 fully saturated rings. The van der Waals surface area contributed by atoms with Gasteiger partial charge in [-0.3, -0.25) is 4.79 Å². The maximum Gasteiger partial charge on any atom is 0.246 e. The van der Waals surface area contributed by atoms with Gasteiger partial charge in [0.25, 0.3) is 0 Å². The van der Waals surface area contributed by atoms with Crippen LogP contribution in [0.1, 0.15) is 31.7 Å². The minimum absolute atomic E-state index is 0.0604. The standard InChI is InChI=1S/C22H26Cl2N2O3S/c1-2-13-25(16-17-7-4-3-5-8-17)22(27)18-11-14-26(15-12-18)30(28,29)21-19(23)9-6-10-20(21)24/h3-10,18H,2,11-16H2,1H3. The predicted octanol–water partition coefficient (Wildman–Crippen LogP) is 4.83. The second-order valence-electron chi connectivity index (χ2n) is 7.47. The Morgan fingerprint density at radius 2 is 1.63 bits per heavy atom. The predicted molar refractivity (Wildman–Crippen MR) is 120 cm³/mol. The number of sulfonamides is 1. The second-order valence-corrected chi connectivity index (χ2v) is 10.2. The molecule has 0 N–H and O–H groups in total.